The molecule has 3 aliphatic carbocycles. The Morgan fingerprint density at radius 2 is 2.13 bits per heavy atom. The average molecular weight is 542 g/mol. The Labute approximate surface area is 198 Å². The Bertz CT molecular complexity index is 817. The van der Waals surface area contributed by atoms with Crippen LogP contribution in [-0.4, -0.2) is 52.1 Å². The fourth-order valence-electron chi connectivity index (χ4n) is 6.30. The summed E-state index contributed by atoms with van der Waals surface area (Å²) in [6, 6.07) is 7.56. The number of aliphatic hydroxyl groups is 2. The minimum atomic E-state index is -0.773. The monoisotopic (exact) mass is 542 g/mol. The highest BCUT2D eigenvalue weighted by molar-refractivity contribution is 14.1. The number of halogens is 1. The molecule has 8 atom stereocenters. The number of nitrogens with zero attached hydrogens (tertiary/aromatic N) is 1. The Hall–Kier alpha value is -0.740. The van der Waals surface area contributed by atoms with Crippen LogP contribution in [0.25, 0.3) is 0 Å². The Morgan fingerprint density at radius 1 is 1.39 bits per heavy atom. The van der Waals surface area contributed by atoms with E-state index in [1.807, 2.05) is 18.2 Å². The van der Waals surface area contributed by atoms with E-state index in [2.05, 4.69) is 54.7 Å². The van der Waals surface area contributed by atoms with Crippen LogP contribution in [0.4, 0.5) is 0 Å². The van der Waals surface area contributed by atoms with Gasteiger partial charge in [0.05, 0.1) is 19.3 Å². The molecule has 1 heterocycles. The smallest absolute Gasteiger partial charge is 0.240 e. The van der Waals surface area contributed by atoms with E-state index < -0.39 is 24.2 Å². The van der Waals surface area contributed by atoms with Gasteiger partial charge in [0.15, 0.2) is 0 Å². The molecule has 6 nitrogen and oxygen atoms in total. The summed E-state index contributed by atoms with van der Waals surface area (Å²) < 4.78 is 1.11. The van der Waals surface area contributed by atoms with Crippen molar-refractivity contribution >= 4 is 28.5 Å². The second kappa shape index (κ2) is 8.89. The molecule has 5 rings (SSSR count). The van der Waals surface area contributed by atoms with E-state index in [0.29, 0.717) is 29.7 Å². The van der Waals surface area contributed by atoms with Gasteiger partial charge in [-0.25, -0.2) is 0 Å². The first-order valence-electron chi connectivity index (χ1n) is 11.4. The molecule has 0 aromatic heterocycles. The van der Waals surface area contributed by atoms with Crippen LogP contribution >= 0.6 is 22.6 Å². The molecular weight excluding hydrogens is 507 g/mol. The Kier molecular flexibility index (Phi) is 6.72. The molecule has 1 saturated heterocycles. The topological polar surface area (TPSA) is 82.0 Å². The molecule has 172 valence electrons. The van der Waals surface area contributed by atoms with Gasteiger partial charge in [-0.2, -0.15) is 5.06 Å². The van der Waals surface area contributed by atoms with Crippen molar-refractivity contribution in [1.82, 2.24) is 10.4 Å². The molecule has 0 spiro atoms. The van der Waals surface area contributed by atoms with Crippen molar-refractivity contribution < 1.29 is 19.8 Å². The predicted octanol–water partition coefficient (Wildman–Crippen LogP) is 2.95. The van der Waals surface area contributed by atoms with Gasteiger partial charge in [0.25, 0.3) is 0 Å². The highest BCUT2D eigenvalue weighted by Crippen LogP contribution is 2.61. The van der Waals surface area contributed by atoms with Crippen LogP contribution in [0.15, 0.2) is 24.3 Å². The molecule has 31 heavy (non-hydrogen) atoms. The number of benzene rings is 1. The summed E-state index contributed by atoms with van der Waals surface area (Å²) in [5, 5.41) is 25.3. The minimum Gasteiger partial charge on any atom is -0.394 e. The van der Waals surface area contributed by atoms with Crippen LogP contribution in [-0.2, 0) is 16.2 Å². The summed E-state index contributed by atoms with van der Waals surface area (Å²) in [6.45, 7) is 8.82. The van der Waals surface area contributed by atoms with Gasteiger partial charge in [-0.3, -0.25) is 9.63 Å². The third-order valence-corrected chi connectivity index (χ3v) is 8.96. The third-order valence-electron chi connectivity index (χ3n) is 8.29. The normalized spacial score (nSPS) is 37.8. The average Bonchev–Trinajstić information content (AvgIpc) is 3.07. The first-order valence-corrected chi connectivity index (χ1v) is 12.5. The molecule has 3 unspecified atom stereocenters. The van der Waals surface area contributed by atoms with Crippen molar-refractivity contribution in [2.75, 3.05) is 6.61 Å². The van der Waals surface area contributed by atoms with Gasteiger partial charge >= 0.3 is 0 Å². The van der Waals surface area contributed by atoms with Gasteiger partial charge in [0.2, 0.25) is 5.91 Å². The molecule has 4 fully saturated rings. The van der Waals surface area contributed by atoms with E-state index in [0.717, 1.165) is 15.6 Å². The lowest BCUT2D eigenvalue weighted by Crippen LogP contribution is -2.62. The van der Waals surface area contributed by atoms with Crippen molar-refractivity contribution in [2.45, 2.75) is 71.4 Å². The van der Waals surface area contributed by atoms with E-state index in [1.165, 1.54) is 6.42 Å². The highest BCUT2D eigenvalue weighted by Gasteiger charge is 2.57. The first kappa shape index (κ1) is 23.4. The van der Waals surface area contributed by atoms with Gasteiger partial charge in [-0.1, -0.05) is 32.9 Å². The van der Waals surface area contributed by atoms with Gasteiger partial charge in [-0.15, -0.1) is 0 Å². The largest absolute Gasteiger partial charge is 0.394 e. The molecule has 1 amide bonds. The lowest BCUT2D eigenvalue weighted by Gasteiger charge is -2.62. The summed E-state index contributed by atoms with van der Waals surface area (Å²) in [4.78, 5) is 19.6. The van der Waals surface area contributed by atoms with E-state index in [1.54, 1.807) is 12.0 Å². The number of fused-ring (bicyclic) bond motifs is 2. The molecule has 1 aliphatic heterocycles. The molecule has 4 aliphatic rings. The summed E-state index contributed by atoms with van der Waals surface area (Å²) in [7, 11) is 0. The number of carbonyl (C=O) groups is 1. The van der Waals surface area contributed by atoms with Gasteiger partial charge in [0, 0.05) is 15.5 Å². The number of carbonyl (C=O) groups excluding carboxylic acids is 1. The maximum Gasteiger partial charge on any atom is 0.240 e. The van der Waals surface area contributed by atoms with E-state index in [4.69, 9.17) is 4.84 Å². The molecule has 0 radical (unpaired) electrons. The molecule has 7 heteroatoms. The van der Waals surface area contributed by atoms with Crippen molar-refractivity contribution in [2.24, 2.45) is 29.1 Å². The maximum absolute atomic E-state index is 13.6. The molecular formula is C24H35IN2O4. The number of hydroxylamine groups is 2. The van der Waals surface area contributed by atoms with Gasteiger partial charge in [0.1, 0.15) is 12.1 Å². The Balaban J connectivity index is 1.53. The van der Waals surface area contributed by atoms with Crippen molar-refractivity contribution in [1.29, 1.82) is 0 Å². The lowest BCUT2D eigenvalue weighted by atomic mass is 9.45. The summed E-state index contributed by atoms with van der Waals surface area (Å²) in [6.07, 6.45) is 0.887. The number of hydrogen-bond acceptors (Lipinski definition) is 5. The number of rotatable bonds is 6. The lowest BCUT2D eigenvalue weighted by molar-refractivity contribution is -0.183. The zero-order valence-electron chi connectivity index (χ0n) is 18.8. The van der Waals surface area contributed by atoms with E-state index in [9.17, 15) is 15.0 Å². The fraction of sp³-hybridized carbons (Fsp3) is 0.708. The zero-order valence-corrected chi connectivity index (χ0v) is 21.0. The second-order valence-corrected chi connectivity index (χ2v) is 11.6. The maximum atomic E-state index is 13.6. The summed E-state index contributed by atoms with van der Waals surface area (Å²) in [5.41, 5.74) is 1.39. The fourth-order valence-corrected chi connectivity index (χ4v) is 6.91. The standard InChI is InChI=1S/C24H35IN2O4/c1-13-18-9-16(24(18,3)4)10-19(13)26-23(30)22-21(14(2)29)20(12-28)31-27(22)11-15-6-5-7-17(25)8-15/h5-8,13-14,16,18-22,28-29H,9-12H2,1-4H3,(H,26,30)/t13?,14?,16-,18+,19+,20?,21-,22+/m1/s1. The number of amides is 1. The predicted molar refractivity (Wildman–Crippen MR) is 127 cm³/mol. The molecule has 1 aromatic rings. The Morgan fingerprint density at radius 3 is 2.71 bits per heavy atom. The van der Waals surface area contributed by atoms with E-state index >= 15 is 0 Å². The van der Waals surface area contributed by atoms with Gasteiger partial charge < -0.3 is 15.5 Å². The highest BCUT2D eigenvalue weighted by atomic mass is 127. The number of aliphatic hydroxyl groups excluding tert-OH is 2. The molecule has 3 saturated carbocycles. The van der Waals surface area contributed by atoms with Crippen LogP contribution in [0, 0.1) is 32.7 Å². The van der Waals surface area contributed by atoms with Crippen molar-refractivity contribution in [3.05, 3.63) is 33.4 Å². The quantitative estimate of drug-likeness (QED) is 0.482. The van der Waals surface area contributed by atoms with Crippen molar-refractivity contribution in [3.63, 3.8) is 0 Å². The van der Waals surface area contributed by atoms with Gasteiger partial charge in [-0.05, 0) is 83.2 Å². The SMILES string of the molecule is CC(O)[C@@H]1C(CO)ON(Cc2cccc(I)c2)[C@@H]1C(=O)N[C@H]1C[C@H]2C[C@@H](C1C)C2(C)C. The summed E-state index contributed by atoms with van der Waals surface area (Å²) >= 11 is 2.27. The zero-order chi connectivity index (χ0) is 22.5. The van der Waals surface area contributed by atoms with Crippen LogP contribution in [0.3, 0.4) is 0 Å². The second-order valence-electron chi connectivity index (χ2n) is 10.4. The minimum absolute atomic E-state index is 0.108. The van der Waals surface area contributed by atoms with Crippen LogP contribution in [0.1, 0.15) is 46.1 Å². The first-order chi connectivity index (χ1) is 14.6. The van der Waals surface area contributed by atoms with Crippen molar-refractivity contribution in [3.8, 4) is 0 Å². The third kappa shape index (κ3) is 4.28. The number of hydrogen-bond donors (Lipinski definition) is 3. The molecule has 1 aromatic carbocycles. The molecule has 3 N–H and O–H groups in total. The summed E-state index contributed by atoms with van der Waals surface area (Å²) in [5.74, 6) is 1.12. The van der Waals surface area contributed by atoms with Crippen LogP contribution < -0.4 is 5.32 Å². The number of nitrogens with one attached hydrogen (secondary N) is 1. The molecule has 2 bridgehead atoms. The van der Waals surface area contributed by atoms with Crippen LogP contribution in [0.5, 0.6) is 0 Å². The van der Waals surface area contributed by atoms with Crippen LogP contribution in [0.2, 0.25) is 0 Å². The van der Waals surface area contributed by atoms with E-state index in [-0.39, 0.29) is 18.6 Å².